The first-order valence-corrected chi connectivity index (χ1v) is 9.81. The molecule has 0 aromatic heterocycles. The molecule has 0 radical (unpaired) electrons. The molecule has 1 aromatic carbocycles. The lowest BCUT2D eigenvalue weighted by Gasteiger charge is -2.33. The minimum atomic E-state index is -0.535. The summed E-state index contributed by atoms with van der Waals surface area (Å²) in [5, 5.41) is 2.59. The van der Waals surface area contributed by atoms with Crippen LogP contribution in [-0.4, -0.2) is 54.6 Å². The number of methoxy groups -OCH3 is 1. The number of hydrogen-bond acceptors (Lipinski definition) is 7. The summed E-state index contributed by atoms with van der Waals surface area (Å²) in [4.78, 5) is 40.5. The summed E-state index contributed by atoms with van der Waals surface area (Å²) in [5.74, 6) is -0.810. The summed E-state index contributed by atoms with van der Waals surface area (Å²) in [7, 11) is 1.53. The van der Waals surface area contributed by atoms with Crippen LogP contribution in [0.3, 0.4) is 0 Å². The van der Waals surface area contributed by atoms with Crippen LogP contribution >= 0.6 is 12.2 Å². The molecule has 2 aliphatic heterocycles. The van der Waals surface area contributed by atoms with Crippen LogP contribution in [0.25, 0.3) is 0 Å². The van der Waals surface area contributed by atoms with Gasteiger partial charge in [-0.2, -0.15) is 0 Å². The van der Waals surface area contributed by atoms with Gasteiger partial charge < -0.3 is 14.4 Å². The molecule has 8 nitrogen and oxygen atoms in total. The molecular formula is C20H23N3O5S. The van der Waals surface area contributed by atoms with Crippen molar-refractivity contribution >= 4 is 40.8 Å². The minimum Gasteiger partial charge on any atom is -0.497 e. The van der Waals surface area contributed by atoms with Crippen LogP contribution in [0.1, 0.15) is 19.8 Å². The fourth-order valence-electron chi connectivity index (χ4n) is 3.34. The number of ether oxygens (including phenoxy) is 2. The zero-order valence-electron chi connectivity index (χ0n) is 16.3. The number of anilines is 1. The highest BCUT2D eigenvalue weighted by molar-refractivity contribution is 7.80. The molecule has 2 fully saturated rings. The Bertz CT molecular complexity index is 861. The molecule has 0 atom stereocenters. The minimum absolute atomic E-state index is 0.00370. The highest BCUT2D eigenvalue weighted by Gasteiger charge is 2.36. The van der Waals surface area contributed by atoms with E-state index in [2.05, 4.69) is 5.32 Å². The molecule has 0 saturated carbocycles. The smallest absolute Gasteiger partial charge is 0.309 e. The van der Waals surface area contributed by atoms with Crippen molar-refractivity contribution < 1.29 is 23.9 Å². The second-order valence-corrected chi connectivity index (χ2v) is 7.09. The van der Waals surface area contributed by atoms with Gasteiger partial charge in [0.1, 0.15) is 11.3 Å². The quantitative estimate of drug-likeness (QED) is 0.337. The summed E-state index contributed by atoms with van der Waals surface area (Å²) in [5.41, 5.74) is 0.502. The van der Waals surface area contributed by atoms with E-state index in [-0.39, 0.29) is 22.6 Å². The van der Waals surface area contributed by atoms with Crippen LogP contribution in [0.2, 0.25) is 0 Å². The van der Waals surface area contributed by atoms with Gasteiger partial charge in [0.2, 0.25) is 0 Å². The Morgan fingerprint density at radius 3 is 2.69 bits per heavy atom. The number of nitrogens with zero attached hydrogens (tertiary/aromatic N) is 2. The van der Waals surface area contributed by atoms with E-state index in [1.54, 1.807) is 37.4 Å². The van der Waals surface area contributed by atoms with Crippen LogP contribution < -0.4 is 15.0 Å². The van der Waals surface area contributed by atoms with E-state index in [1.165, 1.54) is 12.0 Å². The Morgan fingerprint density at radius 1 is 1.31 bits per heavy atom. The van der Waals surface area contributed by atoms with Crippen molar-refractivity contribution in [3.8, 4) is 5.75 Å². The number of benzene rings is 1. The molecule has 1 N–H and O–H groups in total. The number of rotatable bonds is 5. The standard InChI is InChI=1S/C20H23N3O5S/c1-3-28-19(26)13-7-9-22(10-8-13)12-16-17(24)21-20(29)23(18(16)25)14-5-4-6-15(11-14)27-2/h4-6,11-13H,3,7-10H2,1-2H3,(H,21,24,29)/b16-12+. The molecule has 3 rings (SSSR count). The van der Waals surface area contributed by atoms with Crippen LogP contribution in [0, 0.1) is 5.92 Å². The third kappa shape index (κ3) is 4.56. The normalized spacial score (nSPS) is 19.4. The first-order chi connectivity index (χ1) is 13.9. The molecule has 2 saturated heterocycles. The van der Waals surface area contributed by atoms with Gasteiger partial charge in [-0.3, -0.25) is 24.6 Å². The van der Waals surface area contributed by atoms with Crippen molar-refractivity contribution in [1.29, 1.82) is 0 Å². The van der Waals surface area contributed by atoms with E-state index >= 15 is 0 Å². The predicted octanol–water partition coefficient (Wildman–Crippen LogP) is 1.60. The third-order valence-electron chi connectivity index (χ3n) is 4.87. The summed E-state index contributed by atoms with van der Waals surface area (Å²) in [6.07, 6.45) is 2.76. The van der Waals surface area contributed by atoms with Gasteiger partial charge in [0.15, 0.2) is 5.11 Å². The Labute approximate surface area is 174 Å². The number of carbonyl (C=O) groups excluding carboxylic acids is 3. The molecule has 29 heavy (non-hydrogen) atoms. The average Bonchev–Trinajstić information content (AvgIpc) is 2.72. The number of amides is 2. The molecule has 2 amide bonds. The second-order valence-electron chi connectivity index (χ2n) is 6.71. The Morgan fingerprint density at radius 2 is 2.03 bits per heavy atom. The first kappa shape index (κ1) is 20.8. The summed E-state index contributed by atoms with van der Waals surface area (Å²) in [6.45, 7) is 3.25. The molecule has 9 heteroatoms. The SMILES string of the molecule is CCOC(=O)C1CCN(/C=C2\C(=O)NC(=S)N(c3cccc(OC)c3)C2=O)CC1. The maximum Gasteiger partial charge on any atom is 0.309 e. The fourth-order valence-corrected chi connectivity index (χ4v) is 3.62. The Balaban J connectivity index is 1.76. The molecule has 0 spiro atoms. The van der Waals surface area contributed by atoms with E-state index in [1.807, 2.05) is 4.90 Å². The van der Waals surface area contributed by atoms with Gasteiger partial charge in [-0.15, -0.1) is 0 Å². The summed E-state index contributed by atoms with van der Waals surface area (Å²) < 4.78 is 10.3. The van der Waals surface area contributed by atoms with Crippen molar-refractivity contribution in [2.45, 2.75) is 19.8 Å². The predicted molar refractivity (Wildman–Crippen MR) is 110 cm³/mol. The lowest BCUT2D eigenvalue weighted by atomic mass is 9.97. The van der Waals surface area contributed by atoms with E-state index in [4.69, 9.17) is 21.7 Å². The number of nitrogens with one attached hydrogen (secondary N) is 1. The van der Waals surface area contributed by atoms with Crippen molar-refractivity contribution in [2.24, 2.45) is 5.92 Å². The molecule has 0 bridgehead atoms. The van der Waals surface area contributed by atoms with Crippen LogP contribution in [-0.2, 0) is 19.1 Å². The van der Waals surface area contributed by atoms with Crippen molar-refractivity contribution in [2.75, 3.05) is 31.7 Å². The first-order valence-electron chi connectivity index (χ1n) is 9.41. The van der Waals surface area contributed by atoms with E-state index < -0.39 is 11.8 Å². The largest absolute Gasteiger partial charge is 0.497 e. The lowest BCUT2D eigenvalue weighted by molar-refractivity contribution is -0.149. The second kappa shape index (κ2) is 9.04. The van der Waals surface area contributed by atoms with Crippen molar-refractivity contribution in [3.05, 3.63) is 36.0 Å². The van der Waals surface area contributed by atoms with Gasteiger partial charge in [0.25, 0.3) is 11.8 Å². The Hall–Kier alpha value is -2.94. The summed E-state index contributed by atoms with van der Waals surface area (Å²) >= 11 is 5.21. The van der Waals surface area contributed by atoms with E-state index in [0.29, 0.717) is 44.0 Å². The maximum absolute atomic E-state index is 13.0. The molecule has 0 unspecified atom stereocenters. The number of carbonyl (C=O) groups is 3. The molecular weight excluding hydrogens is 394 g/mol. The summed E-state index contributed by atoms with van der Waals surface area (Å²) in [6, 6.07) is 6.88. The number of likely N-dealkylation sites (tertiary alicyclic amines) is 1. The van der Waals surface area contributed by atoms with E-state index in [9.17, 15) is 14.4 Å². The van der Waals surface area contributed by atoms with Crippen LogP contribution in [0.15, 0.2) is 36.0 Å². The number of piperidine rings is 1. The molecule has 1 aromatic rings. The van der Waals surface area contributed by atoms with Gasteiger partial charge in [-0.1, -0.05) is 6.07 Å². The average molecular weight is 417 g/mol. The fraction of sp³-hybridized carbons (Fsp3) is 0.400. The lowest BCUT2D eigenvalue weighted by Crippen LogP contribution is -2.54. The topological polar surface area (TPSA) is 88.2 Å². The van der Waals surface area contributed by atoms with Gasteiger partial charge in [-0.25, -0.2) is 0 Å². The molecule has 0 aliphatic carbocycles. The van der Waals surface area contributed by atoms with E-state index in [0.717, 1.165) is 0 Å². The molecule has 2 heterocycles. The molecule has 2 aliphatic rings. The van der Waals surface area contributed by atoms with Crippen molar-refractivity contribution in [1.82, 2.24) is 10.2 Å². The molecule has 154 valence electrons. The van der Waals surface area contributed by atoms with Gasteiger partial charge >= 0.3 is 5.97 Å². The van der Waals surface area contributed by atoms with Gasteiger partial charge in [-0.05, 0) is 44.1 Å². The van der Waals surface area contributed by atoms with Gasteiger partial charge in [0.05, 0.1) is 25.3 Å². The van der Waals surface area contributed by atoms with Crippen LogP contribution in [0.4, 0.5) is 5.69 Å². The number of thiocarbonyl (C=S) groups is 1. The van der Waals surface area contributed by atoms with Crippen LogP contribution in [0.5, 0.6) is 5.75 Å². The number of esters is 1. The highest BCUT2D eigenvalue weighted by atomic mass is 32.1. The van der Waals surface area contributed by atoms with Gasteiger partial charge in [0, 0.05) is 25.4 Å². The third-order valence-corrected chi connectivity index (χ3v) is 5.16. The highest BCUT2D eigenvalue weighted by Crippen LogP contribution is 2.26. The maximum atomic E-state index is 13.0. The zero-order chi connectivity index (χ0) is 21.0. The van der Waals surface area contributed by atoms with Crippen molar-refractivity contribution in [3.63, 3.8) is 0 Å². The number of hydrogen-bond donors (Lipinski definition) is 1. The monoisotopic (exact) mass is 417 g/mol. The Kier molecular flexibility index (Phi) is 6.48. The zero-order valence-corrected chi connectivity index (χ0v) is 17.2.